The highest BCUT2D eigenvalue weighted by Gasteiger charge is 2.19. The van der Waals surface area contributed by atoms with E-state index in [1.165, 1.54) is 65.0 Å². The van der Waals surface area contributed by atoms with Crippen LogP contribution in [0.1, 0.15) is 0 Å². The fraction of sp³-hybridized carbons (Fsp3) is 0. The number of rotatable bonds is 4. The summed E-state index contributed by atoms with van der Waals surface area (Å²) in [6, 6.07) is 67.1. The van der Waals surface area contributed by atoms with Crippen molar-refractivity contribution in [2.75, 3.05) is 0 Å². The quantitative estimate of drug-likeness (QED) is 0.173. The molecule has 10 aromatic carbocycles. The molecule has 0 aliphatic rings. The highest BCUT2D eigenvalue weighted by Crippen LogP contribution is 2.45. The first-order chi connectivity index (χ1) is 26.8. The summed E-state index contributed by atoms with van der Waals surface area (Å²) in [7, 11) is 0. The summed E-state index contributed by atoms with van der Waals surface area (Å²) in [5.74, 6) is 1.96. The molecule has 0 saturated carbocycles. The molecule has 0 radical (unpaired) electrons. The van der Waals surface area contributed by atoms with Gasteiger partial charge in [0.15, 0.2) is 17.5 Å². The second-order valence-corrected chi connectivity index (χ2v) is 13.9. The van der Waals surface area contributed by atoms with Crippen LogP contribution in [0.2, 0.25) is 0 Å². The minimum atomic E-state index is 0.651. The molecular weight excluding hydrogens is 655 g/mol. The Hall–Kier alpha value is -7.23. The monoisotopic (exact) mass is 685 g/mol. The van der Waals surface area contributed by atoms with E-state index in [0.29, 0.717) is 17.5 Å². The summed E-state index contributed by atoms with van der Waals surface area (Å²) in [5.41, 5.74) is 5.26. The lowest BCUT2D eigenvalue weighted by molar-refractivity contribution is 1.08. The molecule has 0 spiro atoms. The SMILES string of the molecule is c1ccc(-c2nc(-c3ccccc3)nc(-c3ccc(-c4cc5cccc6c7ccccc7c7ccccc7c7cccc4c7c56)c4ccccc34)n2)cc1. The first-order valence-corrected chi connectivity index (χ1v) is 18.4. The molecule has 11 aromatic rings. The van der Waals surface area contributed by atoms with Gasteiger partial charge >= 0.3 is 0 Å². The van der Waals surface area contributed by atoms with Crippen LogP contribution in [0.4, 0.5) is 0 Å². The van der Waals surface area contributed by atoms with Crippen LogP contribution in [0.25, 0.3) is 110 Å². The van der Waals surface area contributed by atoms with Crippen LogP contribution >= 0.6 is 0 Å². The molecule has 0 unspecified atom stereocenters. The van der Waals surface area contributed by atoms with E-state index in [2.05, 4.69) is 152 Å². The third-order valence-corrected chi connectivity index (χ3v) is 10.9. The van der Waals surface area contributed by atoms with Gasteiger partial charge in [-0.3, -0.25) is 0 Å². The van der Waals surface area contributed by atoms with Crippen molar-refractivity contribution in [2.24, 2.45) is 0 Å². The molecular formula is C51H31N3. The molecule has 1 aromatic heterocycles. The second kappa shape index (κ2) is 12.2. The average molecular weight is 686 g/mol. The van der Waals surface area contributed by atoms with E-state index in [1.807, 2.05) is 36.4 Å². The highest BCUT2D eigenvalue weighted by molar-refractivity contribution is 6.34. The van der Waals surface area contributed by atoms with E-state index >= 15 is 0 Å². The van der Waals surface area contributed by atoms with Crippen molar-refractivity contribution < 1.29 is 0 Å². The predicted octanol–water partition coefficient (Wildman–Crippen LogP) is 13.5. The summed E-state index contributed by atoms with van der Waals surface area (Å²) < 4.78 is 0. The number of fused-ring (bicyclic) bond motifs is 6. The lowest BCUT2D eigenvalue weighted by Crippen LogP contribution is -2.00. The summed E-state index contributed by atoms with van der Waals surface area (Å²) in [5, 5.41) is 14.8. The standard InChI is InChI=1S/C51H31N3/c1-3-15-32(16-4-1)49-52-50(33-17-5-2-6-18-33)54-51(53-49)45-30-29-41(37-22-9-12-25-40(37)45)46-31-34-19-13-26-42-38-23-10-7-20-35(38)36-21-8-11-24-39(36)43-27-14-28-44(46)48(43)47(34)42/h1-31H. The summed E-state index contributed by atoms with van der Waals surface area (Å²) in [6.45, 7) is 0. The molecule has 0 N–H and O–H groups in total. The second-order valence-electron chi connectivity index (χ2n) is 13.9. The number of nitrogens with zero attached hydrogens (tertiary/aromatic N) is 3. The number of aromatic nitrogens is 3. The van der Waals surface area contributed by atoms with E-state index < -0.39 is 0 Å². The molecule has 0 saturated heterocycles. The van der Waals surface area contributed by atoms with Gasteiger partial charge in [0.1, 0.15) is 0 Å². The molecule has 1 heterocycles. The third kappa shape index (κ3) is 4.72. The van der Waals surface area contributed by atoms with Gasteiger partial charge in [-0.05, 0) is 87.9 Å². The van der Waals surface area contributed by atoms with Crippen molar-refractivity contribution in [3.63, 3.8) is 0 Å². The average Bonchev–Trinajstić information content (AvgIpc) is 3.25. The van der Waals surface area contributed by atoms with Gasteiger partial charge in [0.2, 0.25) is 0 Å². The zero-order valence-corrected chi connectivity index (χ0v) is 29.2. The van der Waals surface area contributed by atoms with E-state index in [1.54, 1.807) is 0 Å². The van der Waals surface area contributed by atoms with Crippen LogP contribution in [0, 0.1) is 0 Å². The topological polar surface area (TPSA) is 38.7 Å². The predicted molar refractivity (Wildman–Crippen MR) is 227 cm³/mol. The van der Waals surface area contributed by atoms with Gasteiger partial charge in [0.05, 0.1) is 0 Å². The van der Waals surface area contributed by atoms with Gasteiger partial charge < -0.3 is 0 Å². The molecule has 11 rings (SSSR count). The summed E-state index contributed by atoms with van der Waals surface area (Å²) in [4.78, 5) is 15.2. The zero-order valence-electron chi connectivity index (χ0n) is 29.2. The van der Waals surface area contributed by atoms with E-state index in [-0.39, 0.29) is 0 Å². The van der Waals surface area contributed by atoms with E-state index in [0.717, 1.165) is 27.5 Å². The minimum Gasteiger partial charge on any atom is -0.208 e. The van der Waals surface area contributed by atoms with Crippen LogP contribution in [-0.4, -0.2) is 15.0 Å². The van der Waals surface area contributed by atoms with Gasteiger partial charge in [0, 0.05) is 16.7 Å². The lowest BCUT2D eigenvalue weighted by atomic mass is 9.85. The van der Waals surface area contributed by atoms with Crippen LogP contribution in [0.5, 0.6) is 0 Å². The number of benzene rings is 9. The smallest absolute Gasteiger partial charge is 0.164 e. The Kier molecular flexibility index (Phi) is 6.86. The van der Waals surface area contributed by atoms with Crippen LogP contribution in [0.15, 0.2) is 188 Å². The van der Waals surface area contributed by atoms with E-state index in [4.69, 9.17) is 15.0 Å². The zero-order chi connectivity index (χ0) is 35.6. The van der Waals surface area contributed by atoms with Gasteiger partial charge in [-0.25, -0.2) is 15.0 Å². The van der Waals surface area contributed by atoms with Crippen molar-refractivity contribution in [3.05, 3.63) is 188 Å². The lowest BCUT2D eigenvalue weighted by Gasteiger charge is -2.18. The Morgan fingerprint density at radius 3 is 1.24 bits per heavy atom. The van der Waals surface area contributed by atoms with E-state index in [9.17, 15) is 0 Å². The molecule has 0 bridgehead atoms. The Morgan fingerprint density at radius 2 is 0.648 bits per heavy atom. The maximum Gasteiger partial charge on any atom is 0.164 e. The van der Waals surface area contributed by atoms with Gasteiger partial charge in [-0.2, -0.15) is 0 Å². The molecule has 54 heavy (non-hydrogen) atoms. The molecule has 0 fully saturated rings. The Morgan fingerprint density at radius 1 is 0.241 bits per heavy atom. The fourth-order valence-corrected chi connectivity index (χ4v) is 8.48. The molecule has 0 amide bonds. The van der Waals surface area contributed by atoms with Gasteiger partial charge in [-0.15, -0.1) is 0 Å². The highest BCUT2D eigenvalue weighted by atomic mass is 15.0. The molecule has 0 aliphatic heterocycles. The summed E-state index contributed by atoms with van der Waals surface area (Å²) in [6.07, 6.45) is 0. The first kappa shape index (κ1) is 30.4. The fourth-order valence-electron chi connectivity index (χ4n) is 8.48. The largest absolute Gasteiger partial charge is 0.208 e. The Labute approximate surface area is 311 Å². The number of hydrogen-bond acceptors (Lipinski definition) is 3. The first-order valence-electron chi connectivity index (χ1n) is 18.4. The molecule has 3 heteroatoms. The molecule has 0 atom stereocenters. The van der Waals surface area contributed by atoms with Gasteiger partial charge in [-0.1, -0.05) is 176 Å². The van der Waals surface area contributed by atoms with Crippen molar-refractivity contribution in [1.82, 2.24) is 15.0 Å². The normalized spacial score (nSPS) is 11.7. The van der Waals surface area contributed by atoms with Crippen molar-refractivity contribution in [2.45, 2.75) is 0 Å². The Bertz CT molecular complexity index is 3200. The summed E-state index contributed by atoms with van der Waals surface area (Å²) >= 11 is 0. The molecule has 3 nitrogen and oxygen atoms in total. The van der Waals surface area contributed by atoms with Crippen molar-refractivity contribution in [3.8, 4) is 45.3 Å². The van der Waals surface area contributed by atoms with Crippen molar-refractivity contribution in [1.29, 1.82) is 0 Å². The molecule has 250 valence electrons. The third-order valence-electron chi connectivity index (χ3n) is 10.9. The molecule has 0 aliphatic carbocycles. The number of hydrogen-bond donors (Lipinski definition) is 0. The minimum absolute atomic E-state index is 0.651. The maximum absolute atomic E-state index is 5.11. The van der Waals surface area contributed by atoms with Crippen LogP contribution < -0.4 is 0 Å². The van der Waals surface area contributed by atoms with Crippen LogP contribution in [0.3, 0.4) is 0 Å². The van der Waals surface area contributed by atoms with Crippen molar-refractivity contribution >= 4 is 64.6 Å². The Balaban J connectivity index is 1.21. The van der Waals surface area contributed by atoms with Crippen LogP contribution in [-0.2, 0) is 0 Å². The van der Waals surface area contributed by atoms with Gasteiger partial charge in [0.25, 0.3) is 0 Å². The maximum atomic E-state index is 5.11.